The van der Waals surface area contributed by atoms with E-state index in [1.165, 1.54) is 12.8 Å². The van der Waals surface area contributed by atoms with Gasteiger partial charge in [0.1, 0.15) is 0 Å². The highest BCUT2D eigenvalue weighted by atomic mass is 32.2. The third-order valence-electron chi connectivity index (χ3n) is 5.06. The molecule has 2 N–H and O–H groups in total. The standard InChI is InChI=1S/C16H27NO3S/c1-21-13-6-5-12(9-13)17-14(18)10-16(11-15(19)20)7-3-2-4-8-16/h12-13H,2-11H2,1H3,(H,17,18)(H,19,20). The normalized spacial score (nSPS) is 28.2. The van der Waals surface area contributed by atoms with E-state index in [1.54, 1.807) is 0 Å². The maximum atomic E-state index is 12.3. The van der Waals surface area contributed by atoms with Crippen LogP contribution in [0.2, 0.25) is 0 Å². The van der Waals surface area contributed by atoms with Crippen molar-refractivity contribution in [1.29, 1.82) is 0 Å². The number of aliphatic carboxylic acids is 1. The number of rotatable bonds is 6. The fraction of sp³-hybridized carbons (Fsp3) is 0.875. The second-order valence-corrected chi connectivity index (χ2v) is 7.88. The van der Waals surface area contributed by atoms with E-state index in [-0.39, 0.29) is 17.7 Å². The summed E-state index contributed by atoms with van der Waals surface area (Å²) >= 11 is 1.88. The molecule has 0 aromatic rings. The van der Waals surface area contributed by atoms with E-state index in [2.05, 4.69) is 11.6 Å². The summed E-state index contributed by atoms with van der Waals surface area (Å²) in [5, 5.41) is 13.0. The van der Waals surface area contributed by atoms with Gasteiger partial charge in [-0.25, -0.2) is 0 Å². The van der Waals surface area contributed by atoms with Crippen LogP contribution >= 0.6 is 11.8 Å². The van der Waals surface area contributed by atoms with E-state index in [0.717, 1.165) is 38.5 Å². The Bertz CT molecular complexity index is 380. The Morgan fingerprint density at radius 2 is 1.90 bits per heavy atom. The van der Waals surface area contributed by atoms with E-state index in [0.29, 0.717) is 17.7 Å². The van der Waals surface area contributed by atoms with Crippen LogP contribution in [0, 0.1) is 5.41 Å². The van der Waals surface area contributed by atoms with E-state index < -0.39 is 5.97 Å². The zero-order valence-corrected chi connectivity index (χ0v) is 13.7. The molecule has 5 heteroatoms. The van der Waals surface area contributed by atoms with Crippen LogP contribution in [0.3, 0.4) is 0 Å². The molecule has 2 aliphatic carbocycles. The third-order valence-corrected chi connectivity index (χ3v) is 6.15. The molecule has 120 valence electrons. The summed E-state index contributed by atoms with van der Waals surface area (Å²) in [6.07, 6.45) is 11.0. The first-order valence-corrected chi connectivity index (χ1v) is 9.36. The monoisotopic (exact) mass is 313 g/mol. The average molecular weight is 313 g/mol. The summed E-state index contributed by atoms with van der Waals surface area (Å²) in [7, 11) is 0. The van der Waals surface area contributed by atoms with Crippen molar-refractivity contribution in [1.82, 2.24) is 5.32 Å². The van der Waals surface area contributed by atoms with Crippen molar-refractivity contribution in [3.05, 3.63) is 0 Å². The summed E-state index contributed by atoms with van der Waals surface area (Å²) in [6, 6.07) is 0.292. The average Bonchev–Trinajstić information content (AvgIpc) is 2.86. The van der Waals surface area contributed by atoms with Crippen LogP contribution in [0.15, 0.2) is 0 Å². The first kappa shape index (κ1) is 16.7. The number of carbonyl (C=O) groups is 2. The van der Waals surface area contributed by atoms with Crippen LogP contribution in [-0.4, -0.2) is 34.5 Å². The Hall–Kier alpha value is -0.710. The predicted octanol–water partition coefficient (Wildman–Crippen LogP) is 3.20. The van der Waals surface area contributed by atoms with Crippen molar-refractivity contribution in [2.24, 2.45) is 5.41 Å². The van der Waals surface area contributed by atoms with Gasteiger partial charge < -0.3 is 10.4 Å². The maximum Gasteiger partial charge on any atom is 0.303 e. The summed E-state index contributed by atoms with van der Waals surface area (Å²) in [5.74, 6) is -0.710. The fourth-order valence-corrected chi connectivity index (χ4v) is 4.74. The molecule has 0 aliphatic heterocycles. The minimum absolute atomic E-state index is 0.0601. The number of hydrogen-bond acceptors (Lipinski definition) is 3. The molecule has 2 atom stereocenters. The molecule has 2 fully saturated rings. The van der Waals surface area contributed by atoms with Gasteiger partial charge >= 0.3 is 5.97 Å². The zero-order chi connectivity index (χ0) is 15.3. The topological polar surface area (TPSA) is 66.4 Å². The predicted molar refractivity (Wildman–Crippen MR) is 85.5 cm³/mol. The Morgan fingerprint density at radius 1 is 1.19 bits per heavy atom. The highest BCUT2D eigenvalue weighted by molar-refractivity contribution is 7.99. The van der Waals surface area contributed by atoms with Gasteiger partial charge in [-0.1, -0.05) is 19.3 Å². The summed E-state index contributed by atoms with van der Waals surface area (Å²) in [6.45, 7) is 0. The van der Waals surface area contributed by atoms with Gasteiger partial charge in [-0.2, -0.15) is 11.8 Å². The second-order valence-electron chi connectivity index (χ2n) is 6.74. The molecule has 0 saturated heterocycles. The largest absolute Gasteiger partial charge is 0.481 e. The molecule has 2 aliphatic rings. The number of carboxylic acid groups (broad SMARTS) is 1. The van der Waals surface area contributed by atoms with Gasteiger partial charge in [0, 0.05) is 17.7 Å². The van der Waals surface area contributed by atoms with E-state index >= 15 is 0 Å². The van der Waals surface area contributed by atoms with Gasteiger partial charge in [-0.05, 0) is 43.8 Å². The Labute approximate surface area is 131 Å². The van der Waals surface area contributed by atoms with Crippen molar-refractivity contribution in [2.45, 2.75) is 75.5 Å². The van der Waals surface area contributed by atoms with Crippen LogP contribution in [-0.2, 0) is 9.59 Å². The van der Waals surface area contributed by atoms with Crippen molar-refractivity contribution < 1.29 is 14.7 Å². The minimum atomic E-state index is -0.770. The molecule has 0 aromatic carbocycles. The molecule has 0 heterocycles. The Morgan fingerprint density at radius 3 is 2.48 bits per heavy atom. The lowest BCUT2D eigenvalue weighted by atomic mass is 9.69. The smallest absolute Gasteiger partial charge is 0.303 e. The summed E-state index contributed by atoms with van der Waals surface area (Å²) < 4.78 is 0. The number of hydrogen-bond donors (Lipinski definition) is 2. The first-order chi connectivity index (χ1) is 10.0. The number of carboxylic acids is 1. The molecule has 2 unspecified atom stereocenters. The lowest BCUT2D eigenvalue weighted by molar-refractivity contribution is -0.141. The molecule has 0 bridgehead atoms. The van der Waals surface area contributed by atoms with Gasteiger partial charge in [-0.15, -0.1) is 0 Å². The molecule has 0 spiro atoms. The molecular weight excluding hydrogens is 286 g/mol. The molecule has 4 nitrogen and oxygen atoms in total. The molecule has 1 amide bonds. The van der Waals surface area contributed by atoms with Gasteiger partial charge in [0.25, 0.3) is 0 Å². The van der Waals surface area contributed by atoms with Crippen LogP contribution in [0.1, 0.15) is 64.2 Å². The quantitative estimate of drug-likeness (QED) is 0.790. The fourth-order valence-electron chi connectivity index (χ4n) is 3.94. The van der Waals surface area contributed by atoms with E-state index in [9.17, 15) is 9.59 Å². The molecule has 2 rings (SSSR count). The van der Waals surface area contributed by atoms with Crippen LogP contribution in [0.4, 0.5) is 0 Å². The lowest BCUT2D eigenvalue weighted by Gasteiger charge is -2.35. The number of thioether (sulfide) groups is 1. The molecule has 0 aromatic heterocycles. The van der Waals surface area contributed by atoms with Crippen molar-refractivity contribution >= 4 is 23.6 Å². The lowest BCUT2D eigenvalue weighted by Crippen LogP contribution is -2.39. The maximum absolute atomic E-state index is 12.3. The molecule has 21 heavy (non-hydrogen) atoms. The third kappa shape index (κ3) is 4.90. The molecule has 2 saturated carbocycles. The van der Waals surface area contributed by atoms with Crippen LogP contribution in [0.5, 0.6) is 0 Å². The summed E-state index contributed by atoms with van der Waals surface area (Å²) in [5.41, 5.74) is -0.300. The number of amides is 1. The number of carbonyl (C=O) groups excluding carboxylic acids is 1. The van der Waals surface area contributed by atoms with Gasteiger partial charge in [0.15, 0.2) is 0 Å². The zero-order valence-electron chi connectivity index (χ0n) is 12.9. The number of nitrogens with one attached hydrogen (secondary N) is 1. The highest BCUT2D eigenvalue weighted by Crippen LogP contribution is 2.42. The van der Waals surface area contributed by atoms with Crippen molar-refractivity contribution in [3.63, 3.8) is 0 Å². The van der Waals surface area contributed by atoms with Gasteiger partial charge in [-0.3, -0.25) is 9.59 Å². The second kappa shape index (κ2) is 7.52. The molecular formula is C16H27NO3S. The SMILES string of the molecule is CSC1CCC(NC(=O)CC2(CC(=O)O)CCCCC2)C1. The highest BCUT2D eigenvalue weighted by Gasteiger charge is 2.37. The van der Waals surface area contributed by atoms with Crippen LogP contribution in [0.25, 0.3) is 0 Å². The van der Waals surface area contributed by atoms with Gasteiger partial charge in [0.05, 0.1) is 6.42 Å². The first-order valence-electron chi connectivity index (χ1n) is 8.07. The van der Waals surface area contributed by atoms with Gasteiger partial charge in [0.2, 0.25) is 5.91 Å². The van der Waals surface area contributed by atoms with E-state index in [1.807, 2.05) is 11.8 Å². The summed E-state index contributed by atoms with van der Waals surface area (Å²) in [4.78, 5) is 23.5. The molecule has 0 radical (unpaired) electrons. The Kier molecular flexibility index (Phi) is 5.97. The van der Waals surface area contributed by atoms with Crippen molar-refractivity contribution in [3.8, 4) is 0 Å². The Balaban J connectivity index is 1.87. The van der Waals surface area contributed by atoms with Crippen molar-refractivity contribution in [2.75, 3.05) is 6.26 Å². The van der Waals surface area contributed by atoms with E-state index in [4.69, 9.17) is 5.11 Å². The minimum Gasteiger partial charge on any atom is -0.481 e. The van der Waals surface area contributed by atoms with Crippen LogP contribution < -0.4 is 5.32 Å².